The molecular weight excluding hydrogens is 566 g/mol. The highest BCUT2D eigenvalue weighted by atomic mass is 35.5. The van der Waals surface area contributed by atoms with Crippen LogP contribution in [-0.4, -0.2) is 50.5 Å². The van der Waals surface area contributed by atoms with Gasteiger partial charge in [-0.1, -0.05) is 40.9 Å². The normalized spacial score (nSPS) is 12.7. The summed E-state index contributed by atoms with van der Waals surface area (Å²) in [6.07, 6.45) is -4.11. The number of anilines is 1. The third-order valence-corrected chi connectivity index (χ3v) is 7.29. The van der Waals surface area contributed by atoms with Crippen LogP contribution < -0.4 is 9.62 Å². The molecule has 0 aromatic heterocycles. The number of carbonyl (C=O) groups excluding carboxylic acids is 2. The van der Waals surface area contributed by atoms with Gasteiger partial charge in [0.15, 0.2) is 0 Å². The van der Waals surface area contributed by atoms with E-state index in [0.717, 1.165) is 23.3 Å². The summed E-state index contributed by atoms with van der Waals surface area (Å²) in [5, 5.41) is 2.42. The number of nitrogens with one attached hydrogen (secondary N) is 1. The Bertz CT molecular complexity index is 1240. The maximum absolute atomic E-state index is 13.4. The van der Waals surface area contributed by atoms with Crippen molar-refractivity contribution in [3.05, 3.63) is 62.6 Å². The standard InChI is InChI=1S/C22H23Cl3F3N3O4S/c1-4-29-21(33)13(2)30(11-14-5-7-18(24)19(25)9-14)20(32)12-31(36(3,34)35)15-6-8-17(23)16(10-15)22(26,27)28/h5-10,13H,4,11-12H2,1-3H3,(H,29,33). The molecule has 0 saturated heterocycles. The van der Waals surface area contributed by atoms with E-state index in [1.54, 1.807) is 13.0 Å². The molecule has 2 aromatic rings. The Labute approximate surface area is 222 Å². The average Bonchev–Trinajstić information content (AvgIpc) is 2.76. The van der Waals surface area contributed by atoms with Crippen LogP contribution in [0.3, 0.4) is 0 Å². The molecule has 198 valence electrons. The van der Waals surface area contributed by atoms with Gasteiger partial charge in [0, 0.05) is 13.1 Å². The summed E-state index contributed by atoms with van der Waals surface area (Å²) in [6.45, 7) is 2.37. The zero-order valence-corrected chi connectivity index (χ0v) is 22.5. The summed E-state index contributed by atoms with van der Waals surface area (Å²) in [7, 11) is -4.23. The van der Waals surface area contributed by atoms with Crippen LogP contribution in [-0.2, 0) is 32.3 Å². The van der Waals surface area contributed by atoms with Gasteiger partial charge < -0.3 is 10.2 Å². The van der Waals surface area contributed by atoms with Crippen molar-refractivity contribution < 1.29 is 31.2 Å². The lowest BCUT2D eigenvalue weighted by atomic mass is 10.1. The average molecular weight is 589 g/mol. The Morgan fingerprint density at radius 3 is 2.17 bits per heavy atom. The number of amides is 2. The maximum Gasteiger partial charge on any atom is 0.417 e. The van der Waals surface area contributed by atoms with Crippen molar-refractivity contribution in [1.29, 1.82) is 0 Å². The largest absolute Gasteiger partial charge is 0.417 e. The number of alkyl halides is 3. The first-order valence-corrected chi connectivity index (χ1v) is 13.4. The van der Waals surface area contributed by atoms with Crippen LogP contribution in [0.4, 0.5) is 18.9 Å². The van der Waals surface area contributed by atoms with Gasteiger partial charge in [0.05, 0.1) is 32.6 Å². The van der Waals surface area contributed by atoms with Crippen molar-refractivity contribution in [2.75, 3.05) is 23.7 Å². The van der Waals surface area contributed by atoms with Crippen LogP contribution in [0.2, 0.25) is 15.1 Å². The molecule has 36 heavy (non-hydrogen) atoms. The van der Waals surface area contributed by atoms with E-state index in [9.17, 15) is 31.2 Å². The second kappa shape index (κ2) is 11.9. The van der Waals surface area contributed by atoms with Crippen LogP contribution in [0.1, 0.15) is 25.0 Å². The number of halogens is 6. The van der Waals surface area contributed by atoms with Crippen molar-refractivity contribution in [1.82, 2.24) is 10.2 Å². The molecule has 2 rings (SSSR count). The zero-order valence-electron chi connectivity index (χ0n) is 19.4. The van der Waals surface area contributed by atoms with E-state index < -0.39 is 56.9 Å². The highest BCUT2D eigenvalue weighted by Crippen LogP contribution is 2.37. The van der Waals surface area contributed by atoms with Crippen molar-refractivity contribution in [3.63, 3.8) is 0 Å². The molecule has 0 spiro atoms. The minimum Gasteiger partial charge on any atom is -0.355 e. The number of nitrogens with zero attached hydrogens (tertiary/aromatic N) is 2. The number of sulfonamides is 1. The molecular formula is C22H23Cl3F3N3O4S. The van der Waals surface area contributed by atoms with Gasteiger partial charge in [0.25, 0.3) is 0 Å². The Balaban J connectivity index is 2.49. The summed E-state index contributed by atoms with van der Waals surface area (Å²) in [5.74, 6) is -1.35. The molecule has 2 aromatic carbocycles. The number of carbonyl (C=O) groups is 2. The number of rotatable bonds is 9. The first-order valence-electron chi connectivity index (χ1n) is 10.4. The Hall–Kier alpha value is -2.21. The smallest absolute Gasteiger partial charge is 0.355 e. The van der Waals surface area contributed by atoms with E-state index in [2.05, 4.69) is 5.32 Å². The van der Waals surface area contributed by atoms with Gasteiger partial charge in [-0.25, -0.2) is 8.42 Å². The number of likely N-dealkylation sites (N-methyl/N-ethyl adjacent to an activating group) is 1. The molecule has 0 aliphatic rings. The van der Waals surface area contributed by atoms with Crippen molar-refractivity contribution >= 4 is 62.3 Å². The summed E-state index contributed by atoms with van der Waals surface area (Å²) >= 11 is 17.6. The fourth-order valence-electron chi connectivity index (χ4n) is 3.24. The van der Waals surface area contributed by atoms with Gasteiger partial charge >= 0.3 is 6.18 Å². The van der Waals surface area contributed by atoms with Gasteiger partial charge in [-0.15, -0.1) is 0 Å². The van der Waals surface area contributed by atoms with Crippen LogP contribution in [0, 0.1) is 0 Å². The predicted octanol–water partition coefficient (Wildman–Crippen LogP) is 4.99. The molecule has 1 atom stereocenters. The van der Waals surface area contributed by atoms with Crippen molar-refractivity contribution in [2.24, 2.45) is 0 Å². The van der Waals surface area contributed by atoms with Gasteiger partial charge in [-0.05, 0) is 49.7 Å². The predicted molar refractivity (Wildman–Crippen MR) is 134 cm³/mol. The molecule has 0 fully saturated rings. The van der Waals surface area contributed by atoms with E-state index in [1.807, 2.05) is 0 Å². The molecule has 14 heteroatoms. The van der Waals surface area contributed by atoms with Gasteiger partial charge in [0.1, 0.15) is 12.6 Å². The molecule has 1 N–H and O–H groups in total. The number of benzene rings is 2. The first-order chi connectivity index (χ1) is 16.6. The van der Waals surface area contributed by atoms with E-state index in [-0.39, 0.29) is 23.1 Å². The topological polar surface area (TPSA) is 86.8 Å². The van der Waals surface area contributed by atoms with Gasteiger partial charge in [0.2, 0.25) is 21.8 Å². The Kier molecular flexibility index (Phi) is 9.91. The van der Waals surface area contributed by atoms with Crippen LogP contribution in [0.15, 0.2) is 36.4 Å². The van der Waals surface area contributed by atoms with E-state index >= 15 is 0 Å². The molecule has 2 amide bonds. The minimum atomic E-state index is -4.85. The zero-order chi connectivity index (χ0) is 27.4. The van der Waals surface area contributed by atoms with E-state index in [0.29, 0.717) is 15.9 Å². The third-order valence-electron chi connectivity index (χ3n) is 5.08. The van der Waals surface area contributed by atoms with E-state index in [1.165, 1.54) is 19.1 Å². The lowest BCUT2D eigenvalue weighted by Gasteiger charge is -2.31. The second-order valence-corrected chi connectivity index (χ2v) is 10.9. The lowest BCUT2D eigenvalue weighted by Crippen LogP contribution is -2.51. The fourth-order valence-corrected chi connectivity index (χ4v) is 4.63. The fraction of sp³-hybridized carbons (Fsp3) is 0.364. The van der Waals surface area contributed by atoms with Gasteiger partial charge in [-0.3, -0.25) is 13.9 Å². The monoisotopic (exact) mass is 587 g/mol. The van der Waals surface area contributed by atoms with Crippen LogP contribution in [0.5, 0.6) is 0 Å². The van der Waals surface area contributed by atoms with Crippen LogP contribution in [0.25, 0.3) is 0 Å². The number of hydrogen-bond donors (Lipinski definition) is 1. The molecule has 0 radical (unpaired) electrons. The molecule has 0 aliphatic heterocycles. The van der Waals surface area contributed by atoms with Gasteiger partial charge in [-0.2, -0.15) is 13.2 Å². The SMILES string of the molecule is CCNC(=O)C(C)N(Cc1ccc(Cl)c(Cl)c1)C(=O)CN(c1ccc(Cl)c(C(F)(F)F)c1)S(C)(=O)=O. The van der Waals surface area contributed by atoms with Crippen LogP contribution >= 0.6 is 34.8 Å². The molecule has 0 saturated carbocycles. The summed E-state index contributed by atoms with van der Waals surface area (Å²) < 4.78 is 65.6. The Morgan fingerprint density at radius 2 is 1.64 bits per heavy atom. The Morgan fingerprint density at radius 1 is 1.03 bits per heavy atom. The maximum atomic E-state index is 13.4. The lowest BCUT2D eigenvalue weighted by molar-refractivity contribution is -0.139. The third kappa shape index (κ3) is 7.64. The summed E-state index contributed by atoms with van der Waals surface area (Å²) in [5.41, 5.74) is -1.18. The van der Waals surface area contributed by atoms with E-state index in [4.69, 9.17) is 34.8 Å². The minimum absolute atomic E-state index is 0.153. The van der Waals surface area contributed by atoms with Crippen molar-refractivity contribution in [3.8, 4) is 0 Å². The quantitative estimate of drug-likeness (QED) is 0.448. The highest BCUT2D eigenvalue weighted by molar-refractivity contribution is 7.92. The highest BCUT2D eigenvalue weighted by Gasteiger charge is 2.35. The second-order valence-electron chi connectivity index (χ2n) is 7.77. The molecule has 7 nitrogen and oxygen atoms in total. The molecule has 1 unspecified atom stereocenters. The number of hydrogen-bond acceptors (Lipinski definition) is 4. The summed E-state index contributed by atoms with van der Waals surface area (Å²) in [4.78, 5) is 27.0. The molecule has 0 bridgehead atoms. The first kappa shape index (κ1) is 30.0. The molecule has 0 aliphatic carbocycles. The molecule has 0 heterocycles. The summed E-state index contributed by atoms with van der Waals surface area (Å²) in [6, 6.07) is 6.00. The van der Waals surface area contributed by atoms with Crippen molar-refractivity contribution in [2.45, 2.75) is 32.6 Å².